The molecule has 0 aromatic heterocycles. The molecular formula is C8H4BrF4NO. The van der Waals surface area contributed by atoms with Crippen molar-refractivity contribution in [2.75, 3.05) is 4.90 Å². The van der Waals surface area contributed by atoms with Gasteiger partial charge in [-0.3, -0.25) is 0 Å². The van der Waals surface area contributed by atoms with Crippen LogP contribution in [0.3, 0.4) is 0 Å². The number of carbonyl (C=O) groups excluding carboxylic acids is 1. The number of carbonyl (C=O) groups is 1. The molecule has 0 aliphatic heterocycles. The summed E-state index contributed by atoms with van der Waals surface area (Å²) in [6.45, 7) is 0. The van der Waals surface area contributed by atoms with Crippen molar-refractivity contribution in [1.82, 2.24) is 0 Å². The van der Waals surface area contributed by atoms with E-state index in [0.29, 0.717) is 4.47 Å². The monoisotopic (exact) mass is 285 g/mol. The molecule has 1 amide bonds. The number of hydrogen-bond acceptors (Lipinski definition) is 1. The van der Waals surface area contributed by atoms with Crippen LogP contribution in [0.5, 0.6) is 0 Å². The first kappa shape index (κ1) is 12.0. The zero-order chi connectivity index (χ0) is 11.6. The Hall–Kier alpha value is -1.11. The molecule has 82 valence electrons. The highest BCUT2D eigenvalue weighted by Gasteiger charge is 2.42. The molecule has 15 heavy (non-hydrogen) atoms. The van der Waals surface area contributed by atoms with Crippen LogP contribution >= 0.6 is 15.9 Å². The second-order valence-corrected chi connectivity index (χ2v) is 3.45. The Bertz CT molecular complexity index is 362. The summed E-state index contributed by atoms with van der Waals surface area (Å²) in [7, 11) is 0. The van der Waals surface area contributed by atoms with Gasteiger partial charge in [-0.15, -0.1) is 17.6 Å². The molecule has 1 rings (SSSR count). The molecule has 0 atom stereocenters. The van der Waals surface area contributed by atoms with Gasteiger partial charge in [0.25, 0.3) is 0 Å². The summed E-state index contributed by atoms with van der Waals surface area (Å²) in [5.41, 5.74) is -0.571. The SMILES string of the molecule is O=C(F)N(c1ccc(Br)cc1)C(F)(F)F. The topological polar surface area (TPSA) is 20.3 Å². The fourth-order valence-electron chi connectivity index (χ4n) is 0.938. The number of amides is 1. The quantitative estimate of drug-likeness (QED) is 0.436. The maximum Gasteiger partial charge on any atom is 0.493 e. The third-order valence-corrected chi connectivity index (χ3v) is 2.04. The molecule has 0 aliphatic carbocycles. The van der Waals surface area contributed by atoms with E-state index < -0.39 is 23.0 Å². The lowest BCUT2D eigenvalue weighted by Crippen LogP contribution is -2.40. The van der Waals surface area contributed by atoms with Gasteiger partial charge in [0.15, 0.2) is 0 Å². The second kappa shape index (κ2) is 4.18. The van der Waals surface area contributed by atoms with Crippen LogP contribution in [0.2, 0.25) is 0 Å². The summed E-state index contributed by atoms with van der Waals surface area (Å²) in [6, 6.07) is 4.51. The van der Waals surface area contributed by atoms with E-state index in [1.807, 2.05) is 0 Å². The number of hydrogen-bond donors (Lipinski definition) is 0. The van der Waals surface area contributed by atoms with Gasteiger partial charge in [-0.25, -0.2) is 4.79 Å². The van der Waals surface area contributed by atoms with Gasteiger partial charge in [0.2, 0.25) is 0 Å². The van der Waals surface area contributed by atoms with E-state index in [9.17, 15) is 22.4 Å². The second-order valence-electron chi connectivity index (χ2n) is 2.53. The standard InChI is InChI=1S/C8H4BrF4NO/c9-5-1-3-6(4-2-5)14(7(10)15)8(11,12)13/h1-4H. The first-order chi connectivity index (χ1) is 6.82. The Labute approximate surface area is 90.6 Å². The molecule has 0 saturated heterocycles. The Morgan fingerprint density at radius 3 is 2.00 bits per heavy atom. The lowest BCUT2D eigenvalue weighted by atomic mass is 10.3. The van der Waals surface area contributed by atoms with Crippen LogP contribution in [0, 0.1) is 0 Å². The van der Waals surface area contributed by atoms with Crippen LogP contribution in [-0.2, 0) is 0 Å². The van der Waals surface area contributed by atoms with Crippen molar-refractivity contribution < 1.29 is 22.4 Å². The van der Waals surface area contributed by atoms with Gasteiger partial charge in [0, 0.05) is 4.47 Å². The molecule has 0 spiro atoms. The van der Waals surface area contributed by atoms with E-state index in [-0.39, 0.29) is 0 Å². The van der Waals surface area contributed by atoms with E-state index in [4.69, 9.17) is 0 Å². The van der Waals surface area contributed by atoms with Gasteiger partial charge >= 0.3 is 12.5 Å². The predicted molar refractivity (Wildman–Crippen MR) is 49.2 cm³/mol. The van der Waals surface area contributed by atoms with Gasteiger partial charge < -0.3 is 0 Å². The van der Waals surface area contributed by atoms with E-state index >= 15 is 0 Å². The van der Waals surface area contributed by atoms with Crippen LogP contribution < -0.4 is 4.90 Å². The van der Waals surface area contributed by atoms with Gasteiger partial charge in [-0.05, 0) is 24.3 Å². The zero-order valence-electron chi connectivity index (χ0n) is 7.05. The lowest BCUT2D eigenvalue weighted by Gasteiger charge is -2.21. The minimum atomic E-state index is -5.07. The number of alkyl halides is 3. The number of anilines is 1. The highest BCUT2D eigenvalue weighted by atomic mass is 79.9. The Morgan fingerprint density at radius 2 is 1.67 bits per heavy atom. The number of benzene rings is 1. The van der Waals surface area contributed by atoms with E-state index in [1.54, 1.807) is 0 Å². The molecule has 1 aromatic carbocycles. The number of rotatable bonds is 1. The van der Waals surface area contributed by atoms with Crippen molar-refractivity contribution in [2.24, 2.45) is 0 Å². The van der Waals surface area contributed by atoms with Gasteiger partial charge in [-0.1, -0.05) is 15.9 Å². The molecule has 7 heteroatoms. The summed E-state index contributed by atoms with van der Waals surface area (Å²) in [4.78, 5) is 9.33. The molecule has 0 aliphatic rings. The average Bonchev–Trinajstić information content (AvgIpc) is 2.05. The Balaban J connectivity index is 3.11. The first-order valence-corrected chi connectivity index (χ1v) is 4.43. The highest BCUT2D eigenvalue weighted by Crippen LogP contribution is 2.30. The van der Waals surface area contributed by atoms with Crippen molar-refractivity contribution in [3.05, 3.63) is 28.7 Å². The van der Waals surface area contributed by atoms with Crippen molar-refractivity contribution in [1.29, 1.82) is 0 Å². The van der Waals surface area contributed by atoms with Gasteiger partial charge in [0.1, 0.15) is 0 Å². The predicted octanol–water partition coefficient (Wildman–Crippen LogP) is 3.86. The van der Waals surface area contributed by atoms with Crippen LogP contribution in [0.15, 0.2) is 28.7 Å². The smallest absolute Gasteiger partial charge is 0.233 e. The molecule has 0 saturated carbocycles. The molecule has 0 radical (unpaired) electrons. The molecular weight excluding hydrogens is 282 g/mol. The molecule has 0 heterocycles. The Morgan fingerprint density at radius 1 is 1.20 bits per heavy atom. The summed E-state index contributed by atoms with van der Waals surface area (Å²) in [5, 5.41) is 0. The van der Waals surface area contributed by atoms with Gasteiger partial charge in [-0.2, -0.15) is 4.90 Å². The maximum absolute atomic E-state index is 12.2. The normalized spacial score (nSPS) is 11.3. The fourth-order valence-corrected chi connectivity index (χ4v) is 1.20. The largest absolute Gasteiger partial charge is 0.493 e. The molecule has 1 aromatic rings. The molecule has 0 unspecified atom stereocenters. The van der Waals surface area contributed by atoms with Crippen molar-refractivity contribution in [2.45, 2.75) is 6.30 Å². The summed E-state index contributed by atoms with van der Waals surface area (Å²) in [6.07, 6.45) is -7.63. The van der Waals surface area contributed by atoms with E-state index in [2.05, 4.69) is 15.9 Å². The number of halogens is 5. The first-order valence-electron chi connectivity index (χ1n) is 3.64. The highest BCUT2D eigenvalue weighted by molar-refractivity contribution is 9.10. The minimum absolute atomic E-state index is 0.527. The van der Waals surface area contributed by atoms with Crippen molar-refractivity contribution in [3.63, 3.8) is 0 Å². The molecule has 0 fully saturated rings. The average molecular weight is 286 g/mol. The third kappa shape index (κ3) is 2.92. The number of nitrogens with zero attached hydrogens (tertiary/aromatic N) is 1. The maximum atomic E-state index is 12.2. The van der Waals surface area contributed by atoms with Crippen molar-refractivity contribution >= 4 is 27.8 Å². The summed E-state index contributed by atoms with van der Waals surface area (Å²) in [5.74, 6) is 0. The molecule has 0 N–H and O–H groups in total. The molecule has 2 nitrogen and oxygen atoms in total. The van der Waals surface area contributed by atoms with E-state index in [1.165, 1.54) is 12.1 Å². The Kier molecular flexibility index (Phi) is 3.33. The van der Waals surface area contributed by atoms with Crippen LogP contribution in [-0.4, -0.2) is 12.5 Å². The third-order valence-electron chi connectivity index (χ3n) is 1.51. The fraction of sp³-hybridized carbons (Fsp3) is 0.125. The van der Waals surface area contributed by atoms with Crippen molar-refractivity contribution in [3.8, 4) is 0 Å². The molecule has 0 bridgehead atoms. The zero-order valence-corrected chi connectivity index (χ0v) is 8.64. The van der Waals surface area contributed by atoms with Gasteiger partial charge in [0.05, 0.1) is 5.69 Å². The summed E-state index contributed by atoms with van der Waals surface area (Å²) < 4.78 is 49.4. The summed E-state index contributed by atoms with van der Waals surface area (Å²) >= 11 is 3.00. The van der Waals surface area contributed by atoms with Crippen LogP contribution in [0.1, 0.15) is 0 Å². The van der Waals surface area contributed by atoms with E-state index in [0.717, 1.165) is 12.1 Å². The van der Waals surface area contributed by atoms with Crippen LogP contribution in [0.25, 0.3) is 0 Å². The minimum Gasteiger partial charge on any atom is -0.233 e. The lowest BCUT2D eigenvalue weighted by molar-refractivity contribution is -0.122. The van der Waals surface area contributed by atoms with Crippen LogP contribution in [0.4, 0.5) is 28.0 Å².